The summed E-state index contributed by atoms with van der Waals surface area (Å²) in [4.78, 5) is 12.4. The molecule has 0 aliphatic heterocycles. The van der Waals surface area contributed by atoms with E-state index in [0.717, 1.165) is 11.3 Å². The fraction of sp³-hybridized carbons (Fsp3) is 0.125. The summed E-state index contributed by atoms with van der Waals surface area (Å²) in [6, 6.07) is 25.1. The molecule has 8 heteroatoms. The predicted molar refractivity (Wildman–Crippen MR) is 122 cm³/mol. The molecule has 0 atom stereocenters. The standard InChI is InChI=1S/C24H21FN4O2S/c25-19-11-13-20(14-12-19)26-23(30)17-32-24-28-27-22(16-31-21-9-5-2-6-10-21)29(24)15-18-7-3-1-4-8-18/h1-14H,15-17H2,(H,26,30). The Bertz CT molecular complexity index is 1150. The van der Waals surface area contributed by atoms with Crippen LogP contribution >= 0.6 is 11.8 Å². The largest absolute Gasteiger partial charge is 0.486 e. The van der Waals surface area contributed by atoms with Crippen molar-refractivity contribution < 1.29 is 13.9 Å². The fourth-order valence-electron chi connectivity index (χ4n) is 2.98. The highest BCUT2D eigenvalue weighted by Gasteiger charge is 2.15. The fourth-order valence-corrected chi connectivity index (χ4v) is 3.74. The normalized spacial score (nSPS) is 10.7. The SMILES string of the molecule is O=C(CSc1nnc(COc2ccccc2)n1Cc1ccccc1)Nc1ccc(F)cc1. The Balaban J connectivity index is 1.45. The predicted octanol–water partition coefficient (Wildman–Crippen LogP) is 4.78. The average Bonchev–Trinajstić information content (AvgIpc) is 3.20. The number of thioether (sulfide) groups is 1. The van der Waals surface area contributed by atoms with Crippen LogP contribution in [0.3, 0.4) is 0 Å². The molecule has 1 N–H and O–H groups in total. The van der Waals surface area contributed by atoms with E-state index >= 15 is 0 Å². The first-order chi connectivity index (χ1) is 15.7. The molecule has 0 fully saturated rings. The molecule has 0 saturated heterocycles. The van der Waals surface area contributed by atoms with Gasteiger partial charge in [0, 0.05) is 5.69 Å². The number of rotatable bonds is 9. The number of carbonyl (C=O) groups excluding carboxylic acids is 1. The van der Waals surface area contributed by atoms with Crippen molar-refractivity contribution in [3.05, 3.63) is 102 Å². The molecule has 3 aromatic carbocycles. The van der Waals surface area contributed by atoms with Crippen LogP contribution in [0.4, 0.5) is 10.1 Å². The molecule has 0 spiro atoms. The second-order valence-electron chi connectivity index (χ2n) is 6.92. The van der Waals surface area contributed by atoms with Crippen LogP contribution in [-0.2, 0) is 17.9 Å². The summed E-state index contributed by atoms with van der Waals surface area (Å²) >= 11 is 1.29. The van der Waals surface area contributed by atoms with Gasteiger partial charge in [0.05, 0.1) is 12.3 Å². The van der Waals surface area contributed by atoms with Gasteiger partial charge in [0.15, 0.2) is 11.0 Å². The smallest absolute Gasteiger partial charge is 0.234 e. The molecule has 0 aliphatic rings. The molecule has 1 heterocycles. The number of aromatic nitrogens is 3. The van der Waals surface area contributed by atoms with Gasteiger partial charge in [-0.15, -0.1) is 10.2 Å². The molecule has 0 saturated carbocycles. The number of halogens is 1. The maximum absolute atomic E-state index is 13.0. The lowest BCUT2D eigenvalue weighted by molar-refractivity contribution is -0.113. The van der Waals surface area contributed by atoms with E-state index in [1.165, 1.54) is 36.0 Å². The maximum Gasteiger partial charge on any atom is 0.234 e. The quantitative estimate of drug-likeness (QED) is 0.374. The van der Waals surface area contributed by atoms with Gasteiger partial charge in [-0.3, -0.25) is 9.36 Å². The monoisotopic (exact) mass is 448 g/mol. The van der Waals surface area contributed by atoms with E-state index in [1.54, 1.807) is 0 Å². The minimum Gasteiger partial charge on any atom is -0.486 e. The lowest BCUT2D eigenvalue weighted by Gasteiger charge is -2.11. The molecule has 4 rings (SSSR count). The highest BCUT2D eigenvalue weighted by atomic mass is 32.2. The molecule has 162 valence electrons. The Morgan fingerprint density at radius 3 is 2.34 bits per heavy atom. The van der Waals surface area contributed by atoms with Crippen LogP contribution in [-0.4, -0.2) is 26.4 Å². The van der Waals surface area contributed by atoms with Gasteiger partial charge in [0.2, 0.25) is 5.91 Å². The Morgan fingerprint density at radius 1 is 0.938 bits per heavy atom. The van der Waals surface area contributed by atoms with Crippen molar-refractivity contribution in [1.82, 2.24) is 14.8 Å². The van der Waals surface area contributed by atoms with E-state index in [1.807, 2.05) is 65.2 Å². The number of nitrogens with zero attached hydrogens (tertiary/aromatic N) is 3. The van der Waals surface area contributed by atoms with E-state index in [2.05, 4.69) is 15.5 Å². The molecule has 0 bridgehead atoms. The number of carbonyl (C=O) groups is 1. The highest BCUT2D eigenvalue weighted by molar-refractivity contribution is 7.99. The molecule has 6 nitrogen and oxygen atoms in total. The van der Waals surface area contributed by atoms with E-state index in [0.29, 0.717) is 23.2 Å². The minimum absolute atomic E-state index is 0.143. The van der Waals surface area contributed by atoms with Crippen LogP contribution in [0.5, 0.6) is 5.75 Å². The second-order valence-corrected chi connectivity index (χ2v) is 7.86. The first kappa shape index (κ1) is 21.6. The van der Waals surface area contributed by atoms with Crippen molar-refractivity contribution in [2.24, 2.45) is 0 Å². The molecule has 1 amide bonds. The number of hydrogen-bond acceptors (Lipinski definition) is 5. The minimum atomic E-state index is -0.350. The summed E-state index contributed by atoms with van der Waals surface area (Å²) in [6.07, 6.45) is 0. The summed E-state index contributed by atoms with van der Waals surface area (Å²) in [7, 11) is 0. The zero-order valence-electron chi connectivity index (χ0n) is 17.1. The summed E-state index contributed by atoms with van der Waals surface area (Å²) in [5, 5.41) is 11.9. The topological polar surface area (TPSA) is 69.0 Å². The third-order valence-electron chi connectivity index (χ3n) is 4.55. The number of nitrogens with one attached hydrogen (secondary N) is 1. The molecule has 0 aliphatic carbocycles. The van der Waals surface area contributed by atoms with Crippen LogP contribution in [0.1, 0.15) is 11.4 Å². The van der Waals surface area contributed by atoms with Gasteiger partial charge < -0.3 is 10.1 Å². The Kier molecular flexibility index (Phi) is 7.14. The second kappa shape index (κ2) is 10.6. The molecule has 4 aromatic rings. The molecule has 1 aromatic heterocycles. The number of hydrogen-bond donors (Lipinski definition) is 1. The average molecular weight is 449 g/mol. The van der Waals surface area contributed by atoms with Gasteiger partial charge in [-0.05, 0) is 42.0 Å². The highest BCUT2D eigenvalue weighted by Crippen LogP contribution is 2.21. The van der Waals surface area contributed by atoms with Gasteiger partial charge in [0.25, 0.3) is 0 Å². The third kappa shape index (κ3) is 5.95. The van der Waals surface area contributed by atoms with Gasteiger partial charge in [-0.1, -0.05) is 60.3 Å². The van der Waals surface area contributed by atoms with Crippen molar-refractivity contribution in [2.75, 3.05) is 11.1 Å². The molecule has 0 unspecified atom stereocenters. The van der Waals surface area contributed by atoms with Crippen LogP contribution in [0.25, 0.3) is 0 Å². The van der Waals surface area contributed by atoms with E-state index in [9.17, 15) is 9.18 Å². The van der Waals surface area contributed by atoms with E-state index < -0.39 is 0 Å². The van der Waals surface area contributed by atoms with Crippen LogP contribution < -0.4 is 10.1 Å². The lowest BCUT2D eigenvalue weighted by atomic mass is 10.2. The van der Waals surface area contributed by atoms with Crippen molar-refractivity contribution >= 4 is 23.4 Å². The van der Waals surface area contributed by atoms with Gasteiger partial charge in [-0.25, -0.2) is 4.39 Å². The number of benzene rings is 3. The Labute approximate surface area is 189 Å². The summed E-state index contributed by atoms with van der Waals surface area (Å²) in [6.45, 7) is 0.815. The van der Waals surface area contributed by atoms with Crippen molar-refractivity contribution in [1.29, 1.82) is 0 Å². The number of anilines is 1. The first-order valence-electron chi connectivity index (χ1n) is 9.99. The molecule has 0 radical (unpaired) electrons. The van der Waals surface area contributed by atoms with Crippen molar-refractivity contribution in [3.8, 4) is 5.75 Å². The summed E-state index contributed by atoms with van der Waals surface area (Å²) in [5.41, 5.74) is 1.63. The maximum atomic E-state index is 13.0. The lowest BCUT2D eigenvalue weighted by Crippen LogP contribution is -2.15. The van der Waals surface area contributed by atoms with Gasteiger partial charge in [0.1, 0.15) is 18.2 Å². The Morgan fingerprint density at radius 2 is 1.62 bits per heavy atom. The van der Waals surface area contributed by atoms with Crippen molar-refractivity contribution in [2.45, 2.75) is 18.3 Å². The van der Waals surface area contributed by atoms with Gasteiger partial charge in [-0.2, -0.15) is 0 Å². The van der Waals surface area contributed by atoms with E-state index in [4.69, 9.17) is 4.74 Å². The van der Waals surface area contributed by atoms with Crippen molar-refractivity contribution in [3.63, 3.8) is 0 Å². The summed E-state index contributed by atoms with van der Waals surface area (Å²) in [5.74, 6) is 0.993. The Hall–Kier alpha value is -3.65. The third-order valence-corrected chi connectivity index (χ3v) is 5.52. The summed E-state index contributed by atoms with van der Waals surface area (Å²) < 4.78 is 20.9. The molecule has 32 heavy (non-hydrogen) atoms. The van der Waals surface area contributed by atoms with Crippen LogP contribution in [0.2, 0.25) is 0 Å². The van der Waals surface area contributed by atoms with Crippen LogP contribution in [0, 0.1) is 5.82 Å². The zero-order valence-corrected chi connectivity index (χ0v) is 18.0. The number of amides is 1. The zero-order chi connectivity index (χ0) is 22.2. The van der Waals surface area contributed by atoms with Gasteiger partial charge >= 0.3 is 0 Å². The number of ether oxygens (including phenoxy) is 1. The first-order valence-corrected chi connectivity index (χ1v) is 11.0. The molecular weight excluding hydrogens is 427 g/mol. The number of para-hydroxylation sites is 1. The van der Waals surface area contributed by atoms with E-state index in [-0.39, 0.29) is 24.1 Å². The molecular formula is C24H21FN4O2S. The van der Waals surface area contributed by atoms with Crippen LogP contribution in [0.15, 0.2) is 90.1 Å².